The Bertz CT molecular complexity index is 309. The zero-order chi connectivity index (χ0) is 7.68. The van der Waals surface area contributed by atoms with Gasteiger partial charge in [0.05, 0.1) is 0 Å². The van der Waals surface area contributed by atoms with E-state index in [4.69, 9.17) is 9.47 Å². The van der Waals surface area contributed by atoms with Crippen LogP contribution in [0.2, 0.25) is 0 Å². The van der Waals surface area contributed by atoms with Gasteiger partial charge in [0, 0.05) is 6.07 Å². The molecule has 0 unspecified atom stereocenters. The summed E-state index contributed by atoms with van der Waals surface area (Å²) in [6.45, 7) is 0. The molecule has 0 fully saturated rings. The van der Waals surface area contributed by atoms with Crippen LogP contribution < -0.4 is 14.2 Å². The molecule has 1 aromatic heterocycles. The zero-order valence-corrected chi connectivity index (χ0v) is 5.56. The number of fused-ring (bicyclic) bond motifs is 1. The van der Waals surface area contributed by atoms with Crippen LogP contribution in [0.25, 0.3) is 0 Å². The Balaban J connectivity index is 2.54. The first kappa shape index (κ1) is 6.03. The van der Waals surface area contributed by atoms with E-state index >= 15 is 0 Å². The molecule has 4 heteroatoms. The third-order valence-electron chi connectivity index (χ3n) is 1.31. The van der Waals surface area contributed by atoms with Gasteiger partial charge in [-0.1, -0.05) is 0 Å². The van der Waals surface area contributed by atoms with Gasteiger partial charge in [0.2, 0.25) is 5.75 Å². The topological polar surface area (TPSA) is 45.4 Å². The molecule has 56 valence electrons. The third-order valence-corrected chi connectivity index (χ3v) is 1.31. The van der Waals surface area contributed by atoms with Gasteiger partial charge in [-0.05, 0) is 6.07 Å². The van der Waals surface area contributed by atoms with Crippen LogP contribution >= 0.6 is 0 Å². The van der Waals surface area contributed by atoms with Gasteiger partial charge >= 0.3 is 5.88 Å². The maximum Gasteiger partial charge on any atom is 0.428 e. The summed E-state index contributed by atoms with van der Waals surface area (Å²) in [5.74, 6) is 0.611. The second-order valence-electron chi connectivity index (χ2n) is 2.01. The van der Waals surface area contributed by atoms with Gasteiger partial charge in [-0.3, -0.25) is 0 Å². The Morgan fingerprint density at radius 2 is 2.09 bits per heavy atom. The summed E-state index contributed by atoms with van der Waals surface area (Å²) in [4.78, 5) is 0. The lowest BCUT2D eigenvalue weighted by Crippen LogP contribution is -2.28. The molecule has 0 radical (unpaired) electrons. The van der Waals surface area contributed by atoms with E-state index in [9.17, 15) is 5.21 Å². The highest BCUT2D eigenvalue weighted by atomic mass is 16.6. The van der Waals surface area contributed by atoms with Crippen molar-refractivity contribution in [2.45, 2.75) is 0 Å². The highest BCUT2D eigenvalue weighted by molar-refractivity contribution is 5.31. The van der Waals surface area contributed by atoms with Crippen LogP contribution in [0.15, 0.2) is 30.9 Å². The van der Waals surface area contributed by atoms with E-state index in [2.05, 4.69) is 0 Å². The molecule has 0 saturated heterocycles. The number of rotatable bonds is 0. The molecule has 0 aromatic carbocycles. The summed E-state index contributed by atoms with van der Waals surface area (Å²) in [6.07, 6.45) is 4.04. The summed E-state index contributed by atoms with van der Waals surface area (Å²) >= 11 is 0. The molecule has 0 atom stereocenters. The Hall–Kier alpha value is -1.71. The van der Waals surface area contributed by atoms with Crippen LogP contribution in [0.5, 0.6) is 11.6 Å². The average molecular weight is 151 g/mol. The molecular formula is C7H5NO3. The molecular weight excluding hydrogens is 146 g/mol. The van der Waals surface area contributed by atoms with Crippen molar-refractivity contribution in [2.24, 2.45) is 0 Å². The van der Waals surface area contributed by atoms with Gasteiger partial charge in [-0.15, -0.1) is 4.73 Å². The van der Waals surface area contributed by atoms with Crippen LogP contribution in [0, 0.1) is 5.21 Å². The molecule has 2 rings (SSSR count). The summed E-state index contributed by atoms with van der Waals surface area (Å²) < 4.78 is 10.5. The standard InChI is InChI=1S/C7H5NO3/c9-8-3-1-2-6-7(8)11-5-4-10-6/h1-5H. The number of nitrogens with zero attached hydrogens (tertiary/aromatic N) is 1. The first-order chi connectivity index (χ1) is 5.38. The smallest absolute Gasteiger partial charge is 0.428 e. The van der Waals surface area contributed by atoms with Crippen molar-refractivity contribution in [2.75, 3.05) is 0 Å². The number of aromatic nitrogens is 1. The van der Waals surface area contributed by atoms with Crippen LogP contribution in [-0.2, 0) is 0 Å². The number of ether oxygens (including phenoxy) is 2. The molecule has 0 saturated carbocycles. The van der Waals surface area contributed by atoms with Crippen molar-refractivity contribution < 1.29 is 14.2 Å². The molecule has 4 nitrogen and oxygen atoms in total. The second-order valence-corrected chi connectivity index (χ2v) is 2.01. The predicted octanol–water partition coefficient (Wildman–Crippen LogP) is 0.562. The van der Waals surface area contributed by atoms with Crippen LogP contribution in [0.1, 0.15) is 0 Å². The van der Waals surface area contributed by atoms with Gasteiger partial charge in [0.15, 0.2) is 6.20 Å². The summed E-state index contributed by atoms with van der Waals surface area (Å²) in [6, 6.07) is 3.25. The molecule has 1 aliphatic rings. The lowest BCUT2D eigenvalue weighted by Gasteiger charge is -2.09. The van der Waals surface area contributed by atoms with E-state index in [-0.39, 0.29) is 5.88 Å². The van der Waals surface area contributed by atoms with Crippen molar-refractivity contribution in [1.29, 1.82) is 0 Å². The van der Waals surface area contributed by atoms with E-state index in [0.717, 1.165) is 0 Å². The molecule has 0 aliphatic carbocycles. The lowest BCUT2D eigenvalue weighted by atomic mass is 10.4. The number of hydrogen-bond donors (Lipinski definition) is 0. The van der Waals surface area contributed by atoms with Gasteiger partial charge in [-0.2, -0.15) is 0 Å². The monoisotopic (exact) mass is 151 g/mol. The summed E-state index contributed by atoms with van der Waals surface area (Å²) in [7, 11) is 0. The quantitative estimate of drug-likeness (QED) is 0.402. The molecule has 11 heavy (non-hydrogen) atoms. The van der Waals surface area contributed by atoms with Gasteiger partial charge in [-0.25, -0.2) is 0 Å². The van der Waals surface area contributed by atoms with Crippen molar-refractivity contribution in [3.8, 4) is 11.6 Å². The summed E-state index contributed by atoms with van der Waals surface area (Å²) in [5.41, 5.74) is 0. The minimum absolute atomic E-state index is 0.176. The molecule has 0 bridgehead atoms. The normalized spacial score (nSPS) is 13.1. The molecule has 2 heterocycles. The lowest BCUT2D eigenvalue weighted by molar-refractivity contribution is -0.612. The van der Waals surface area contributed by atoms with Gasteiger partial charge < -0.3 is 14.7 Å². The van der Waals surface area contributed by atoms with Crippen molar-refractivity contribution in [1.82, 2.24) is 0 Å². The van der Waals surface area contributed by atoms with Crippen molar-refractivity contribution in [3.63, 3.8) is 0 Å². The third kappa shape index (κ3) is 0.881. The van der Waals surface area contributed by atoms with Crippen molar-refractivity contribution in [3.05, 3.63) is 36.1 Å². The highest BCUT2D eigenvalue weighted by Gasteiger charge is 2.16. The molecule has 0 amide bonds. The molecule has 1 aromatic rings. The van der Waals surface area contributed by atoms with Crippen LogP contribution in [-0.4, -0.2) is 0 Å². The Morgan fingerprint density at radius 1 is 1.27 bits per heavy atom. The first-order valence-corrected chi connectivity index (χ1v) is 3.08. The maximum atomic E-state index is 10.9. The largest absolute Gasteiger partial charge is 0.616 e. The highest BCUT2D eigenvalue weighted by Crippen LogP contribution is 2.24. The van der Waals surface area contributed by atoms with E-state index in [0.29, 0.717) is 10.5 Å². The minimum Gasteiger partial charge on any atom is -0.616 e. The Morgan fingerprint density at radius 3 is 2.91 bits per heavy atom. The Labute approximate surface area is 62.9 Å². The molecule has 0 spiro atoms. The number of hydrogen-bond acceptors (Lipinski definition) is 3. The molecule has 1 aliphatic heterocycles. The van der Waals surface area contributed by atoms with E-state index in [1.807, 2.05) is 0 Å². The van der Waals surface area contributed by atoms with E-state index in [1.54, 1.807) is 12.1 Å². The van der Waals surface area contributed by atoms with Gasteiger partial charge in [0.25, 0.3) is 0 Å². The van der Waals surface area contributed by atoms with Gasteiger partial charge in [0.1, 0.15) is 12.5 Å². The Kier molecular flexibility index (Phi) is 1.18. The van der Waals surface area contributed by atoms with Crippen LogP contribution in [0.3, 0.4) is 0 Å². The fourth-order valence-electron chi connectivity index (χ4n) is 0.849. The second kappa shape index (κ2) is 2.16. The first-order valence-electron chi connectivity index (χ1n) is 3.08. The average Bonchev–Trinajstić information content (AvgIpc) is 2.06. The number of pyridine rings is 1. The zero-order valence-electron chi connectivity index (χ0n) is 5.56. The summed E-state index contributed by atoms with van der Waals surface area (Å²) in [5, 5.41) is 10.9. The maximum absolute atomic E-state index is 10.9. The fourth-order valence-corrected chi connectivity index (χ4v) is 0.849. The minimum atomic E-state index is 0.176. The predicted molar refractivity (Wildman–Crippen MR) is 35.8 cm³/mol. The van der Waals surface area contributed by atoms with E-state index < -0.39 is 0 Å². The molecule has 0 N–H and O–H groups in total. The SMILES string of the molecule is [O-][n+]1cccc2c1OC=CO2. The van der Waals surface area contributed by atoms with Crippen LogP contribution in [0.4, 0.5) is 0 Å². The van der Waals surface area contributed by atoms with E-state index in [1.165, 1.54) is 18.7 Å². The van der Waals surface area contributed by atoms with Crippen molar-refractivity contribution >= 4 is 0 Å². The fraction of sp³-hybridized carbons (Fsp3) is 0.